The van der Waals surface area contributed by atoms with Gasteiger partial charge in [-0.05, 0) is 32.9 Å². The van der Waals surface area contributed by atoms with Crippen molar-refractivity contribution in [2.24, 2.45) is 0 Å². The van der Waals surface area contributed by atoms with Crippen LogP contribution in [0.25, 0.3) is 0 Å². The molecule has 0 radical (unpaired) electrons. The molecule has 1 N–H and O–H groups in total. The number of rotatable bonds is 9. The summed E-state index contributed by atoms with van der Waals surface area (Å²) in [5, 5.41) is 3.38. The van der Waals surface area contributed by atoms with E-state index in [4.69, 9.17) is 9.47 Å². The van der Waals surface area contributed by atoms with Crippen molar-refractivity contribution in [1.82, 2.24) is 10.2 Å². The summed E-state index contributed by atoms with van der Waals surface area (Å²) in [5.41, 5.74) is 0. The van der Waals surface area contributed by atoms with Gasteiger partial charge in [-0.1, -0.05) is 6.92 Å². The van der Waals surface area contributed by atoms with Gasteiger partial charge in [0.2, 0.25) is 0 Å². The molecular weight excluding hydrogens is 232 g/mol. The number of likely N-dealkylation sites (N-methyl/N-ethyl adjacent to an activating group) is 1. The predicted molar refractivity (Wildman–Crippen MR) is 70.6 cm³/mol. The Labute approximate surface area is 110 Å². The van der Waals surface area contributed by atoms with Crippen LogP contribution in [0.15, 0.2) is 0 Å². The normalized spacial score (nSPS) is 20.2. The monoisotopic (exact) mass is 258 g/mol. The van der Waals surface area contributed by atoms with Crippen LogP contribution in [-0.4, -0.2) is 62.9 Å². The minimum absolute atomic E-state index is 0.0556. The molecule has 0 spiro atoms. The third-order valence-electron chi connectivity index (χ3n) is 3.23. The van der Waals surface area contributed by atoms with Crippen LogP contribution in [0.5, 0.6) is 0 Å². The molecule has 1 aliphatic heterocycles. The molecule has 0 saturated carbocycles. The zero-order valence-electron chi connectivity index (χ0n) is 11.6. The summed E-state index contributed by atoms with van der Waals surface area (Å²) in [5.74, 6) is -0.287. The van der Waals surface area contributed by atoms with Crippen molar-refractivity contribution in [3.8, 4) is 0 Å². The van der Waals surface area contributed by atoms with Crippen LogP contribution < -0.4 is 5.32 Å². The van der Waals surface area contributed by atoms with Crippen molar-refractivity contribution in [3.05, 3.63) is 0 Å². The van der Waals surface area contributed by atoms with Crippen molar-refractivity contribution in [2.45, 2.75) is 32.7 Å². The molecular formula is C13H26N2O3. The minimum Gasteiger partial charge on any atom is -0.464 e. The highest BCUT2D eigenvalue weighted by molar-refractivity contribution is 5.70. The number of carbonyl (C=O) groups excluding carboxylic acids is 1. The van der Waals surface area contributed by atoms with Gasteiger partial charge in [-0.25, -0.2) is 4.79 Å². The maximum absolute atomic E-state index is 11.0. The lowest BCUT2D eigenvalue weighted by Crippen LogP contribution is -2.38. The van der Waals surface area contributed by atoms with Crippen LogP contribution in [0.1, 0.15) is 26.7 Å². The molecule has 0 aromatic carbocycles. The first kappa shape index (κ1) is 15.4. The Balaban J connectivity index is 1.94. The maximum Gasteiger partial charge on any atom is 0.332 e. The van der Waals surface area contributed by atoms with Crippen molar-refractivity contribution >= 4 is 5.97 Å². The molecule has 106 valence electrons. The van der Waals surface area contributed by atoms with Crippen LogP contribution in [0.4, 0.5) is 0 Å². The molecule has 0 bridgehead atoms. The van der Waals surface area contributed by atoms with E-state index >= 15 is 0 Å². The maximum atomic E-state index is 11.0. The zero-order chi connectivity index (χ0) is 13.2. The Morgan fingerprint density at radius 1 is 1.44 bits per heavy atom. The topological polar surface area (TPSA) is 50.8 Å². The number of ether oxygens (including phenoxy) is 2. The largest absolute Gasteiger partial charge is 0.464 e. The average Bonchev–Trinajstić information content (AvgIpc) is 2.81. The first-order valence-electron chi connectivity index (χ1n) is 6.96. The Hall–Kier alpha value is -0.650. The fourth-order valence-corrected chi connectivity index (χ4v) is 2.31. The second-order valence-corrected chi connectivity index (χ2v) is 4.49. The molecule has 5 nitrogen and oxygen atoms in total. The van der Waals surface area contributed by atoms with Gasteiger partial charge < -0.3 is 14.8 Å². The second kappa shape index (κ2) is 9.30. The van der Waals surface area contributed by atoms with Gasteiger partial charge in [0.25, 0.3) is 0 Å². The minimum atomic E-state index is -0.287. The molecule has 0 aromatic rings. The Morgan fingerprint density at radius 2 is 2.28 bits per heavy atom. The van der Waals surface area contributed by atoms with Crippen molar-refractivity contribution in [2.75, 3.05) is 46.0 Å². The Morgan fingerprint density at radius 3 is 3.00 bits per heavy atom. The third kappa shape index (κ3) is 5.80. The van der Waals surface area contributed by atoms with Crippen LogP contribution in [0.3, 0.4) is 0 Å². The Bertz CT molecular complexity index is 236. The summed E-state index contributed by atoms with van der Waals surface area (Å²) in [4.78, 5) is 13.5. The number of hydrogen-bond donors (Lipinski definition) is 1. The van der Waals surface area contributed by atoms with Crippen molar-refractivity contribution in [1.29, 1.82) is 0 Å². The van der Waals surface area contributed by atoms with Crippen LogP contribution in [-0.2, 0) is 14.3 Å². The molecule has 0 aliphatic carbocycles. The fourth-order valence-electron chi connectivity index (χ4n) is 2.31. The lowest BCUT2D eigenvalue weighted by molar-refractivity contribution is -0.148. The zero-order valence-corrected chi connectivity index (χ0v) is 11.6. The molecule has 1 aliphatic rings. The third-order valence-corrected chi connectivity index (χ3v) is 3.23. The van der Waals surface area contributed by atoms with Gasteiger partial charge in [0, 0.05) is 19.1 Å². The van der Waals surface area contributed by atoms with Crippen molar-refractivity contribution < 1.29 is 14.3 Å². The lowest BCUT2D eigenvalue weighted by atomic mass is 10.2. The molecule has 0 aromatic heterocycles. The van der Waals surface area contributed by atoms with E-state index in [-0.39, 0.29) is 12.6 Å². The van der Waals surface area contributed by atoms with Gasteiger partial charge >= 0.3 is 5.97 Å². The lowest BCUT2D eigenvalue weighted by Gasteiger charge is -2.22. The van der Waals surface area contributed by atoms with E-state index in [1.54, 1.807) is 6.92 Å². The molecule has 1 rings (SSSR count). The summed E-state index contributed by atoms with van der Waals surface area (Å²) >= 11 is 0. The highest BCUT2D eigenvalue weighted by Gasteiger charge is 2.21. The summed E-state index contributed by atoms with van der Waals surface area (Å²) in [6.45, 7) is 9.17. The number of nitrogens with one attached hydrogen (secondary N) is 1. The summed E-state index contributed by atoms with van der Waals surface area (Å²) in [6.07, 6.45) is 2.59. The average molecular weight is 258 g/mol. The highest BCUT2D eigenvalue weighted by Crippen LogP contribution is 2.15. The first-order valence-corrected chi connectivity index (χ1v) is 6.96. The second-order valence-electron chi connectivity index (χ2n) is 4.49. The molecule has 1 atom stereocenters. The summed E-state index contributed by atoms with van der Waals surface area (Å²) in [7, 11) is 0. The Kier molecular flexibility index (Phi) is 7.96. The predicted octanol–water partition coefficient (Wildman–Crippen LogP) is 0.640. The van der Waals surface area contributed by atoms with E-state index in [0.717, 1.165) is 19.6 Å². The van der Waals surface area contributed by atoms with Crippen LogP contribution in [0.2, 0.25) is 0 Å². The van der Waals surface area contributed by atoms with Gasteiger partial charge in [-0.2, -0.15) is 0 Å². The number of hydrogen-bond acceptors (Lipinski definition) is 5. The van der Waals surface area contributed by atoms with E-state index in [9.17, 15) is 4.79 Å². The van der Waals surface area contributed by atoms with Gasteiger partial charge in [-0.3, -0.25) is 4.90 Å². The summed E-state index contributed by atoms with van der Waals surface area (Å²) < 4.78 is 9.98. The smallest absolute Gasteiger partial charge is 0.332 e. The number of nitrogens with zero attached hydrogens (tertiary/aromatic N) is 1. The number of carbonyl (C=O) groups is 1. The molecule has 1 saturated heterocycles. The van der Waals surface area contributed by atoms with E-state index in [1.807, 2.05) is 0 Å². The van der Waals surface area contributed by atoms with E-state index < -0.39 is 0 Å². The highest BCUT2D eigenvalue weighted by atomic mass is 16.6. The molecule has 1 fully saturated rings. The molecule has 1 heterocycles. The van der Waals surface area contributed by atoms with E-state index in [2.05, 4.69) is 17.1 Å². The van der Waals surface area contributed by atoms with Gasteiger partial charge in [0.05, 0.1) is 13.2 Å². The summed E-state index contributed by atoms with van der Waals surface area (Å²) in [6, 6.07) is 0.667. The van der Waals surface area contributed by atoms with Gasteiger partial charge in [0.1, 0.15) is 6.61 Å². The number of likely N-dealkylation sites (tertiary alicyclic amines) is 1. The van der Waals surface area contributed by atoms with Gasteiger partial charge in [0.15, 0.2) is 0 Å². The van der Waals surface area contributed by atoms with E-state index in [0.29, 0.717) is 19.3 Å². The quantitative estimate of drug-likeness (QED) is 0.486. The van der Waals surface area contributed by atoms with Gasteiger partial charge in [-0.15, -0.1) is 0 Å². The fraction of sp³-hybridized carbons (Fsp3) is 0.923. The molecule has 5 heteroatoms. The van der Waals surface area contributed by atoms with E-state index in [1.165, 1.54) is 19.4 Å². The number of esters is 1. The standard InChI is InChI=1S/C13H26N2O3/c1-3-15-8-5-6-12(15)10-14-7-9-17-11-13(16)18-4-2/h12,14H,3-11H2,1-2H3. The SMILES string of the molecule is CCOC(=O)COCCNCC1CCCN1CC. The van der Waals surface area contributed by atoms with Crippen LogP contribution >= 0.6 is 0 Å². The van der Waals surface area contributed by atoms with Crippen LogP contribution in [0, 0.1) is 0 Å². The first-order chi connectivity index (χ1) is 8.77. The molecule has 0 amide bonds. The molecule has 1 unspecified atom stereocenters. The molecule has 18 heavy (non-hydrogen) atoms. The van der Waals surface area contributed by atoms with Crippen molar-refractivity contribution in [3.63, 3.8) is 0 Å².